The second-order valence-corrected chi connectivity index (χ2v) is 6.48. The van der Waals surface area contributed by atoms with Crippen molar-refractivity contribution in [2.75, 3.05) is 19.0 Å². The molecule has 2 rings (SSSR count). The summed E-state index contributed by atoms with van der Waals surface area (Å²) in [7, 11) is 0.510. The molecule has 0 spiro atoms. The molecule has 104 valence electrons. The summed E-state index contributed by atoms with van der Waals surface area (Å²) in [5, 5.41) is 1.25. The van der Waals surface area contributed by atoms with Gasteiger partial charge in [0.25, 0.3) is 0 Å². The van der Waals surface area contributed by atoms with Crippen molar-refractivity contribution in [1.29, 1.82) is 0 Å². The summed E-state index contributed by atoms with van der Waals surface area (Å²) in [5.41, 5.74) is 1.89. The van der Waals surface area contributed by atoms with Gasteiger partial charge in [-0.05, 0) is 35.9 Å². The lowest BCUT2D eigenvalue weighted by Crippen LogP contribution is -2.08. The fourth-order valence-electron chi connectivity index (χ4n) is 1.76. The van der Waals surface area contributed by atoms with Gasteiger partial charge in [0.05, 0.1) is 4.90 Å². The molecule has 4 heteroatoms. The summed E-state index contributed by atoms with van der Waals surface area (Å²) in [6.45, 7) is 0. The first-order valence-corrected chi connectivity index (χ1v) is 7.79. The van der Waals surface area contributed by atoms with Crippen molar-refractivity contribution in [3.05, 3.63) is 65.6 Å². The summed E-state index contributed by atoms with van der Waals surface area (Å²) in [5.74, 6) is 0. The predicted octanol–water partition coefficient (Wildman–Crippen LogP) is 3.20. The number of hydrogen-bond donors (Lipinski definition) is 0. The molecule has 20 heavy (non-hydrogen) atoms. The van der Waals surface area contributed by atoms with E-state index in [-0.39, 0.29) is 0 Å². The van der Waals surface area contributed by atoms with Crippen LogP contribution in [0, 0.1) is 0 Å². The van der Waals surface area contributed by atoms with Gasteiger partial charge in [-0.25, -0.2) is 8.42 Å². The molecule has 2 aromatic carbocycles. The van der Waals surface area contributed by atoms with Crippen molar-refractivity contribution in [3.8, 4) is 0 Å². The summed E-state index contributed by atoms with van der Waals surface area (Å²) in [6, 6.07) is 16.1. The van der Waals surface area contributed by atoms with Crippen LogP contribution in [0.1, 0.15) is 5.56 Å². The van der Waals surface area contributed by atoms with Crippen LogP contribution in [0.5, 0.6) is 0 Å². The molecular formula is C16H17NO2S. The molecule has 0 aliphatic heterocycles. The molecule has 2 aromatic rings. The van der Waals surface area contributed by atoms with E-state index in [2.05, 4.69) is 0 Å². The molecule has 0 N–H and O–H groups in total. The van der Waals surface area contributed by atoms with Gasteiger partial charge in [0.15, 0.2) is 9.84 Å². The summed E-state index contributed by atoms with van der Waals surface area (Å²) < 4.78 is 24.3. The van der Waals surface area contributed by atoms with Crippen LogP contribution in [0.4, 0.5) is 5.69 Å². The molecule has 3 nitrogen and oxygen atoms in total. The summed E-state index contributed by atoms with van der Waals surface area (Å²) in [6.07, 6.45) is 1.62. The number of hydrogen-bond acceptors (Lipinski definition) is 3. The lowest BCUT2D eigenvalue weighted by molar-refractivity contribution is 0.605. The Morgan fingerprint density at radius 2 is 1.65 bits per heavy atom. The molecule has 0 aliphatic rings. The minimum absolute atomic E-state index is 0.306. The number of benzene rings is 2. The summed E-state index contributed by atoms with van der Waals surface area (Å²) >= 11 is 0. The average Bonchev–Trinajstić information content (AvgIpc) is 2.46. The Kier molecular flexibility index (Phi) is 4.25. The zero-order valence-corrected chi connectivity index (χ0v) is 12.3. The average molecular weight is 287 g/mol. The minimum Gasteiger partial charge on any atom is -0.378 e. The first-order chi connectivity index (χ1) is 9.49. The molecule has 0 saturated heterocycles. The highest BCUT2D eigenvalue weighted by molar-refractivity contribution is 7.94. The minimum atomic E-state index is -3.39. The zero-order valence-electron chi connectivity index (χ0n) is 11.5. The number of anilines is 1. The highest BCUT2D eigenvalue weighted by Crippen LogP contribution is 2.17. The Hall–Kier alpha value is -2.07. The standard InChI is InChI=1S/C16H17NO2S/c1-17(2)15-8-6-7-14(13-15)11-12-20(18,19)16-9-4-3-5-10-16/h3-13H,1-2H3. The van der Waals surface area contributed by atoms with Crippen molar-refractivity contribution < 1.29 is 8.42 Å². The Bertz CT molecular complexity index is 704. The first kappa shape index (κ1) is 14.3. The van der Waals surface area contributed by atoms with E-state index in [0.29, 0.717) is 4.90 Å². The normalized spacial score (nSPS) is 11.7. The van der Waals surface area contributed by atoms with E-state index in [1.807, 2.05) is 43.3 Å². The van der Waals surface area contributed by atoms with E-state index >= 15 is 0 Å². The molecule has 0 aromatic heterocycles. The maximum absolute atomic E-state index is 12.1. The van der Waals surface area contributed by atoms with Gasteiger partial charge in [-0.2, -0.15) is 0 Å². The maximum atomic E-state index is 12.1. The van der Waals surface area contributed by atoms with Gasteiger partial charge in [-0.1, -0.05) is 30.3 Å². The third-order valence-corrected chi connectivity index (χ3v) is 4.32. The van der Waals surface area contributed by atoms with Crippen molar-refractivity contribution in [1.82, 2.24) is 0 Å². The van der Waals surface area contributed by atoms with Crippen molar-refractivity contribution >= 4 is 21.6 Å². The topological polar surface area (TPSA) is 37.4 Å². The van der Waals surface area contributed by atoms with Gasteiger partial charge < -0.3 is 4.90 Å². The molecule has 0 saturated carbocycles. The number of rotatable bonds is 4. The summed E-state index contributed by atoms with van der Waals surface area (Å²) in [4.78, 5) is 2.28. The van der Waals surface area contributed by atoms with Crippen molar-refractivity contribution in [2.45, 2.75) is 4.90 Å². The van der Waals surface area contributed by atoms with E-state index in [4.69, 9.17) is 0 Å². The highest BCUT2D eigenvalue weighted by atomic mass is 32.2. The monoisotopic (exact) mass is 287 g/mol. The number of sulfone groups is 1. The van der Waals surface area contributed by atoms with Crippen LogP contribution in [0.25, 0.3) is 6.08 Å². The molecule has 0 heterocycles. The van der Waals surface area contributed by atoms with Crippen LogP contribution in [0.15, 0.2) is 64.9 Å². The zero-order chi connectivity index (χ0) is 14.6. The van der Waals surface area contributed by atoms with Crippen LogP contribution in [0.3, 0.4) is 0 Å². The van der Waals surface area contributed by atoms with E-state index in [9.17, 15) is 8.42 Å². The van der Waals surface area contributed by atoms with Gasteiger partial charge in [-0.3, -0.25) is 0 Å². The third kappa shape index (κ3) is 3.48. The molecule has 0 amide bonds. The fourth-order valence-corrected chi connectivity index (χ4v) is 2.79. The molecular weight excluding hydrogens is 270 g/mol. The van der Waals surface area contributed by atoms with Crippen molar-refractivity contribution in [2.24, 2.45) is 0 Å². The van der Waals surface area contributed by atoms with E-state index in [1.54, 1.807) is 36.4 Å². The van der Waals surface area contributed by atoms with Gasteiger partial charge in [0, 0.05) is 25.2 Å². The van der Waals surface area contributed by atoms with Gasteiger partial charge in [-0.15, -0.1) is 0 Å². The van der Waals surface area contributed by atoms with Gasteiger partial charge >= 0.3 is 0 Å². The molecule has 0 bridgehead atoms. The van der Waals surface area contributed by atoms with Crippen LogP contribution >= 0.6 is 0 Å². The van der Waals surface area contributed by atoms with Crippen molar-refractivity contribution in [3.63, 3.8) is 0 Å². The van der Waals surface area contributed by atoms with E-state index < -0.39 is 9.84 Å². The van der Waals surface area contributed by atoms with Crippen LogP contribution in [-0.2, 0) is 9.84 Å². The Morgan fingerprint density at radius 3 is 2.30 bits per heavy atom. The first-order valence-electron chi connectivity index (χ1n) is 6.25. The third-order valence-electron chi connectivity index (χ3n) is 2.90. The largest absolute Gasteiger partial charge is 0.378 e. The number of nitrogens with zero attached hydrogens (tertiary/aromatic N) is 1. The second-order valence-electron chi connectivity index (χ2n) is 4.65. The van der Waals surface area contributed by atoms with Crippen LogP contribution in [-0.4, -0.2) is 22.5 Å². The van der Waals surface area contributed by atoms with Gasteiger partial charge in [0.2, 0.25) is 0 Å². The molecule has 0 atom stereocenters. The second kappa shape index (κ2) is 5.92. The fraction of sp³-hybridized carbons (Fsp3) is 0.125. The lowest BCUT2D eigenvalue weighted by Gasteiger charge is -2.12. The SMILES string of the molecule is CN(C)c1cccc(C=CS(=O)(=O)c2ccccc2)c1. The Morgan fingerprint density at radius 1 is 0.950 bits per heavy atom. The quantitative estimate of drug-likeness (QED) is 0.866. The Balaban J connectivity index is 2.28. The van der Waals surface area contributed by atoms with E-state index in [1.165, 1.54) is 5.41 Å². The molecule has 0 aliphatic carbocycles. The highest BCUT2D eigenvalue weighted by Gasteiger charge is 2.08. The Labute approximate surface area is 120 Å². The van der Waals surface area contributed by atoms with Crippen LogP contribution in [0.2, 0.25) is 0 Å². The molecule has 0 unspecified atom stereocenters. The smallest absolute Gasteiger partial charge is 0.199 e. The van der Waals surface area contributed by atoms with Crippen LogP contribution < -0.4 is 4.90 Å². The molecule has 0 radical (unpaired) electrons. The van der Waals surface area contributed by atoms with E-state index in [0.717, 1.165) is 11.3 Å². The maximum Gasteiger partial charge on any atom is 0.199 e. The van der Waals surface area contributed by atoms with Gasteiger partial charge in [0.1, 0.15) is 0 Å². The predicted molar refractivity (Wildman–Crippen MR) is 83.4 cm³/mol. The molecule has 0 fully saturated rings. The lowest BCUT2D eigenvalue weighted by atomic mass is 10.2.